The third-order valence-corrected chi connectivity index (χ3v) is 4.73. The number of carbonyl (C=O) groups is 1. The fourth-order valence-corrected chi connectivity index (χ4v) is 3.16. The molecule has 1 heterocycles. The Balaban J connectivity index is 1.51. The average molecular weight is 337 g/mol. The third-order valence-electron chi connectivity index (χ3n) is 4.73. The number of rotatable bonds is 6. The zero-order chi connectivity index (χ0) is 17.6. The summed E-state index contributed by atoms with van der Waals surface area (Å²) >= 11 is 0. The molecule has 1 aliphatic rings. The van der Waals surface area contributed by atoms with Gasteiger partial charge in [-0.05, 0) is 61.3 Å². The minimum Gasteiger partial charge on any atom is -0.378 e. The van der Waals surface area contributed by atoms with Crippen molar-refractivity contribution in [3.05, 3.63) is 65.2 Å². The van der Waals surface area contributed by atoms with E-state index in [-0.39, 0.29) is 5.91 Å². The minimum atomic E-state index is -0.0357. The van der Waals surface area contributed by atoms with Gasteiger partial charge in [0.25, 0.3) is 5.91 Å². The number of amides is 1. The van der Waals surface area contributed by atoms with E-state index in [1.54, 1.807) is 0 Å². The first-order valence-corrected chi connectivity index (χ1v) is 8.97. The van der Waals surface area contributed by atoms with Gasteiger partial charge >= 0.3 is 0 Å². The van der Waals surface area contributed by atoms with Crippen molar-refractivity contribution in [3.63, 3.8) is 0 Å². The van der Waals surface area contributed by atoms with Crippen LogP contribution in [-0.2, 0) is 13.1 Å². The second-order valence-electron chi connectivity index (χ2n) is 6.92. The van der Waals surface area contributed by atoms with Crippen LogP contribution in [0.3, 0.4) is 0 Å². The molecule has 3 rings (SSSR count). The number of benzene rings is 2. The van der Waals surface area contributed by atoms with Crippen molar-refractivity contribution in [3.8, 4) is 0 Å². The van der Waals surface area contributed by atoms with Crippen molar-refractivity contribution in [2.24, 2.45) is 0 Å². The highest BCUT2D eigenvalue weighted by atomic mass is 16.1. The van der Waals surface area contributed by atoms with Gasteiger partial charge in [-0.1, -0.05) is 24.3 Å². The molecule has 2 aromatic rings. The molecule has 4 heteroatoms. The highest BCUT2D eigenvalue weighted by molar-refractivity contribution is 5.94. The van der Waals surface area contributed by atoms with Crippen molar-refractivity contribution >= 4 is 11.6 Å². The van der Waals surface area contributed by atoms with E-state index in [0.717, 1.165) is 17.8 Å². The molecule has 1 amide bonds. The Morgan fingerprint density at radius 3 is 2.16 bits per heavy atom. The van der Waals surface area contributed by atoms with E-state index in [2.05, 4.69) is 34.5 Å². The first-order valence-electron chi connectivity index (χ1n) is 8.97. The molecule has 0 radical (unpaired) electrons. The number of carbonyl (C=O) groups excluding carboxylic acids is 1. The molecule has 25 heavy (non-hydrogen) atoms. The molecule has 0 saturated carbocycles. The maximum atomic E-state index is 12.3. The van der Waals surface area contributed by atoms with E-state index >= 15 is 0 Å². The molecule has 2 aromatic carbocycles. The maximum absolute atomic E-state index is 12.3. The van der Waals surface area contributed by atoms with Gasteiger partial charge in [0.2, 0.25) is 0 Å². The molecule has 4 nitrogen and oxygen atoms in total. The summed E-state index contributed by atoms with van der Waals surface area (Å²) in [7, 11) is 3.98. The monoisotopic (exact) mass is 337 g/mol. The Labute approximate surface area is 150 Å². The van der Waals surface area contributed by atoms with Gasteiger partial charge in [-0.25, -0.2) is 0 Å². The van der Waals surface area contributed by atoms with Crippen LogP contribution in [0.4, 0.5) is 5.69 Å². The normalized spacial score (nSPS) is 14.5. The lowest BCUT2D eigenvalue weighted by Gasteiger charge is -2.15. The van der Waals surface area contributed by atoms with Gasteiger partial charge in [-0.15, -0.1) is 0 Å². The van der Waals surface area contributed by atoms with E-state index < -0.39 is 0 Å². The van der Waals surface area contributed by atoms with Gasteiger partial charge in [0.15, 0.2) is 0 Å². The van der Waals surface area contributed by atoms with Gasteiger partial charge in [0.1, 0.15) is 0 Å². The zero-order valence-corrected chi connectivity index (χ0v) is 15.2. The van der Waals surface area contributed by atoms with Crippen LogP contribution in [-0.4, -0.2) is 38.0 Å². The van der Waals surface area contributed by atoms with Gasteiger partial charge in [-0.2, -0.15) is 0 Å². The summed E-state index contributed by atoms with van der Waals surface area (Å²) in [5, 5.41) is 2.99. The predicted octanol–water partition coefficient (Wildman–Crippen LogP) is 3.28. The Kier molecular flexibility index (Phi) is 5.71. The molecule has 0 spiro atoms. The smallest absolute Gasteiger partial charge is 0.251 e. The number of nitrogens with one attached hydrogen (secondary N) is 1. The van der Waals surface area contributed by atoms with Crippen LogP contribution in [0.1, 0.15) is 34.3 Å². The standard InChI is InChI=1S/C21H27N3O/c1-23(2)20-11-9-19(10-12-20)21(25)22-15-17-5-7-18(8-6-17)16-24-13-3-4-14-24/h5-12H,3-4,13-16H2,1-2H3,(H,22,25). The van der Waals surface area contributed by atoms with Crippen molar-refractivity contribution in [1.29, 1.82) is 0 Å². The first kappa shape index (κ1) is 17.5. The van der Waals surface area contributed by atoms with Crippen LogP contribution in [0.25, 0.3) is 0 Å². The van der Waals surface area contributed by atoms with E-state index in [4.69, 9.17) is 0 Å². The summed E-state index contributed by atoms with van der Waals surface area (Å²) in [5.41, 5.74) is 4.25. The number of likely N-dealkylation sites (tertiary alicyclic amines) is 1. The van der Waals surface area contributed by atoms with Crippen molar-refractivity contribution in [1.82, 2.24) is 10.2 Å². The summed E-state index contributed by atoms with van der Waals surface area (Å²) in [5.74, 6) is -0.0357. The van der Waals surface area contributed by atoms with Crippen molar-refractivity contribution < 1.29 is 4.79 Å². The molecule has 132 valence electrons. The summed E-state index contributed by atoms with van der Waals surface area (Å²) in [6.45, 7) is 4.01. The Morgan fingerprint density at radius 1 is 0.960 bits per heavy atom. The summed E-state index contributed by atoms with van der Waals surface area (Å²) in [4.78, 5) is 16.8. The minimum absolute atomic E-state index is 0.0357. The molecule has 1 N–H and O–H groups in total. The summed E-state index contributed by atoms with van der Waals surface area (Å²) in [6.07, 6.45) is 2.64. The highest BCUT2D eigenvalue weighted by Crippen LogP contribution is 2.14. The van der Waals surface area contributed by atoms with Crippen molar-refractivity contribution in [2.75, 3.05) is 32.1 Å². The summed E-state index contributed by atoms with van der Waals surface area (Å²) < 4.78 is 0. The Morgan fingerprint density at radius 2 is 1.56 bits per heavy atom. The van der Waals surface area contributed by atoms with Crippen LogP contribution in [0.2, 0.25) is 0 Å². The molecular weight excluding hydrogens is 310 g/mol. The largest absolute Gasteiger partial charge is 0.378 e. The van der Waals surface area contributed by atoms with Gasteiger partial charge in [0, 0.05) is 38.4 Å². The molecular formula is C21H27N3O. The van der Waals surface area contributed by atoms with E-state index in [0.29, 0.717) is 12.1 Å². The lowest BCUT2D eigenvalue weighted by Crippen LogP contribution is -2.23. The molecule has 0 atom stereocenters. The molecule has 1 fully saturated rings. The van der Waals surface area contributed by atoms with Gasteiger partial charge in [-0.3, -0.25) is 9.69 Å². The lowest BCUT2D eigenvalue weighted by molar-refractivity contribution is 0.0951. The van der Waals surface area contributed by atoms with Crippen LogP contribution < -0.4 is 10.2 Å². The predicted molar refractivity (Wildman–Crippen MR) is 103 cm³/mol. The second-order valence-corrected chi connectivity index (χ2v) is 6.92. The Hall–Kier alpha value is -2.33. The van der Waals surface area contributed by atoms with Crippen LogP contribution in [0.15, 0.2) is 48.5 Å². The third kappa shape index (κ3) is 4.83. The molecule has 0 aliphatic carbocycles. The van der Waals surface area contributed by atoms with Crippen LogP contribution in [0.5, 0.6) is 0 Å². The highest BCUT2D eigenvalue weighted by Gasteiger charge is 2.11. The molecule has 1 saturated heterocycles. The number of anilines is 1. The SMILES string of the molecule is CN(C)c1ccc(C(=O)NCc2ccc(CN3CCCC3)cc2)cc1. The Bertz CT molecular complexity index is 686. The number of hydrogen-bond acceptors (Lipinski definition) is 3. The van der Waals surface area contributed by atoms with E-state index in [1.165, 1.54) is 31.5 Å². The average Bonchev–Trinajstić information content (AvgIpc) is 3.14. The zero-order valence-electron chi connectivity index (χ0n) is 15.2. The fraction of sp³-hybridized carbons (Fsp3) is 0.381. The van der Waals surface area contributed by atoms with Gasteiger partial charge in [0.05, 0.1) is 0 Å². The second kappa shape index (κ2) is 8.17. The fourth-order valence-electron chi connectivity index (χ4n) is 3.16. The molecule has 1 aliphatic heterocycles. The summed E-state index contributed by atoms with van der Waals surface area (Å²) in [6, 6.07) is 16.2. The number of nitrogens with zero attached hydrogens (tertiary/aromatic N) is 2. The van der Waals surface area contributed by atoms with E-state index in [9.17, 15) is 4.79 Å². The number of hydrogen-bond donors (Lipinski definition) is 1. The quantitative estimate of drug-likeness (QED) is 0.879. The van der Waals surface area contributed by atoms with Crippen LogP contribution in [0, 0.1) is 0 Å². The molecule has 0 unspecified atom stereocenters. The van der Waals surface area contributed by atoms with Gasteiger partial charge < -0.3 is 10.2 Å². The van der Waals surface area contributed by atoms with Crippen LogP contribution >= 0.6 is 0 Å². The topological polar surface area (TPSA) is 35.6 Å². The lowest BCUT2D eigenvalue weighted by atomic mass is 10.1. The molecule has 0 aromatic heterocycles. The maximum Gasteiger partial charge on any atom is 0.251 e. The molecule has 0 bridgehead atoms. The van der Waals surface area contributed by atoms with E-state index in [1.807, 2.05) is 43.3 Å². The first-order chi connectivity index (χ1) is 12.1. The van der Waals surface area contributed by atoms with Crippen molar-refractivity contribution in [2.45, 2.75) is 25.9 Å².